The molecule has 1 aromatic heterocycles. The Morgan fingerprint density at radius 1 is 1.60 bits per heavy atom. The monoisotopic (exact) mass is 212 g/mol. The highest BCUT2D eigenvalue weighted by Crippen LogP contribution is 2.18. The molecule has 0 fully saturated rings. The molecule has 0 atom stereocenters. The number of ether oxygens (including phenoxy) is 1. The number of anilines is 1. The van der Waals surface area contributed by atoms with Crippen molar-refractivity contribution in [2.45, 2.75) is 26.7 Å². The second-order valence-corrected chi connectivity index (χ2v) is 3.04. The van der Waals surface area contributed by atoms with Crippen LogP contribution in [-0.4, -0.2) is 22.8 Å². The summed E-state index contributed by atoms with van der Waals surface area (Å²) >= 11 is 0. The highest BCUT2D eigenvalue weighted by molar-refractivity contribution is 5.95. The first-order chi connectivity index (χ1) is 7.24. The quantitative estimate of drug-likeness (QED) is 0.382. The minimum atomic E-state index is -0.400. The predicted molar refractivity (Wildman–Crippen MR) is 56.3 cm³/mol. The van der Waals surface area contributed by atoms with E-state index in [-0.39, 0.29) is 0 Å². The summed E-state index contributed by atoms with van der Waals surface area (Å²) in [4.78, 5) is 11.6. The fraction of sp³-hybridized carbons (Fsp3) is 0.556. The lowest BCUT2D eigenvalue weighted by atomic mass is 10.1. The predicted octanol–water partition coefficient (Wildman–Crippen LogP) is 0.824. The van der Waals surface area contributed by atoms with Crippen LogP contribution in [0.4, 0.5) is 5.82 Å². The first kappa shape index (κ1) is 11.5. The third-order valence-electron chi connectivity index (χ3n) is 1.96. The summed E-state index contributed by atoms with van der Waals surface area (Å²) < 4.78 is 4.92. The van der Waals surface area contributed by atoms with Crippen molar-refractivity contribution in [3.63, 3.8) is 0 Å². The molecule has 0 aliphatic heterocycles. The SMILES string of the molecule is CCCc1[nH]nc(NN)c1C(=O)OCC. The molecule has 84 valence electrons. The molecule has 0 radical (unpaired) electrons. The lowest BCUT2D eigenvalue weighted by Gasteiger charge is -2.03. The molecule has 0 saturated carbocycles. The summed E-state index contributed by atoms with van der Waals surface area (Å²) in [6.45, 7) is 4.11. The lowest BCUT2D eigenvalue weighted by Crippen LogP contribution is -2.14. The topological polar surface area (TPSA) is 93.0 Å². The van der Waals surface area contributed by atoms with Crippen LogP contribution in [0, 0.1) is 0 Å². The number of aryl methyl sites for hydroxylation is 1. The number of hydrogen-bond acceptors (Lipinski definition) is 5. The molecule has 15 heavy (non-hydrogen) atoms. The number of aromatic amines is 1. The number of H-pyrrole nitrogens is 1. The Kier molecular flexibility index (Phi) is 4.11. The second-order valence-electron chi connectivity index (χ2n) is 3.04. The minimum absolute atomic E-state index is 0.330. The number of rotatable bonds is 5. The largest absolute Gasteiger partial charge is 0.462 e. The van der Waals surface area contributed by atoms with Crippen LogP contribution in [0.3, 0.4) is 0 Å². The molecule has 0 aromatic carbocycles. The molecule has 1 rings (SSSR count). The van der Waals surface area contributed by atoms with E-state index in [9.17, 15) is 4.79 Å². The fourth-order valence-corrected chi connectivity index (χ4v) is 1.34. The second kappa shape index (κ2) is 5.35. The van der Waals surface area contributed by atoms with Crippen molar-refractivity contribution in [3.05, 3.63) is 11.3 Å². The van der Waals surface area contributed by atoms with E-state index in [1.807, 2.05) is 6.92 Å². The number of nitrogens with two attached hydrogens (primary N) is 1. The summed E-state index contributed by atoms with van der Waals surface area (Å²) in [6, 6.07) is 0. The van der Waals surface area contributed by atoms with Gasteiger partial charge in [-0.3, -0.25) is 5.10 Å². The smallest absolute Gasteiger partial charge is 0.343 e. The number of esters is 1. The van der Waals surface area contributed by atoms with E-state index in [4.69, 9.17) is 10.6 Å². The highest BCUT2D eigenvalue weighted by Gasteiger charge is 2.20. The maximum atomic E-state index is 11.6. The molecular weight excluding hydrogens is 196 g/mol. The van der Waals surface area contributed by atoms with Crippen LogP contribution in [-0.2, 0) is 11.2 Å². The van der Waals surface area contributed by atoms with Crippen LogP contribution < -0.4 is 11.3 Å². The number of carbonyl (C=O) groups excluding carboxylic acids is 1. The van der Waals surface area contributed by atoms with E-state index in [0.717, 1.165) is 18.5 Å². The molecule has 0 spiro atoms. The Labute approximate surface area is 88.2 Å². The molecule has 0 aliphatic carbocycles. The third kappa shape index (κ3) is 2.47. The van der Waals surface area contributed by atoms with E-state index in [0.29, 0.717) is 18.0 Å². The Bertz CT molecular complexity index is 335. The summed E-state index contributed by atoms with van der Waals surface area (Å²) in [5.41, 5.74) is 3.53. The molecule has 6 nitrogen and oxygen atoms in total. The van der Waals surface area contributed by atoms with Crippen molar-refractivity contribution >= 4 is 11.8 Å². The summed E-state index contributed by atoms with van der Waals surface area (Å²) in [5.74, 6) is 5.18. The summed E-state index contributed by atoms with van der Waals surface area (Å²) in [5, 5.41) is 6.67. The number of carbonyl (C=O) groups is 1. The molecule has 0 bridgehead atoms. The number of nitrogens with zero attached hydrogens (tertiary/aromatic N) is 1. The Morgan fingerprint density at radius 2 is 2.33 bits per heavy atom. The van der Waals surface area contributed by atoms with Crippen molar-refractivity contribution in [2.75, 3.05) is 12.0 Å². The number of aromatic nitrogens is 2. The Hall–Kier alpha value is -1.56. The summed E-state index contributed by atoms with van der Waals surface area (Å²) in [7, 11) is 0. The zero-order chi connectivity index (χ0) is 11.3. The molecule has 0 aliphatic rings. The van der Waals surface area contributed by atoms with Gasteiger partial charge in [0.1, 0.15) is 5.56 Å². The van der Waals surface area contributed by atoms with Crippen molar-refractivity contribution in [2.24, 2.45) is 5.84 Å². The van der Waals surface area contributed by atoms with E-state index >= 15 is 0 Å². The molecule has 1 heterocycles. The molecule has 4 N–H and O–H groups in total. The Balaban J connectivity index is 2.98. The summed E-state index contributed by atoms with van der Waals surface area (Å²) in [6.07, 6.45) is 1.65. The molecule has 6 heteroatoms. The van der Waals surface area contributed by atoms with Crippen molar-refractivity contribution in [1.82, 2.24) is 10.2 Å². The van der Waals surface area contributed by atoms with Gasteiger partial charge >= 0.3 is 5.97 Å². The van der Waals surface area contributed by atoms with Crippen LogP contribution in [0.5, 0.6) is 0 Å². The van der Waals surface area contributed by atoms with Crippen LogP contribution >= 0.6 is 0 Å². The molecule has 0 saturated heterocycles. The van der Waals surface area contributed by atoms with Gasteiger partial charge in [-0.05, 0) is 13.3 Å². The van der Waals surface area contributed by atoms with Crippen LogP contribution in [0.15, 0.2) is 0 Å². The van der Waals surface area contributed by atoms with E-state index in [2.05, 4.69) is 15.6 Å². The number of hydrazine groups is 1. The van der Waals surface area contributed by atoms with Gasteiger partial charge in [-0.25, -0.2) is 10.6 Å². The van der Waals surface area contributed by atoms with Gasteiger partial charge in [0, 0.05) is 0 Å². The number of nitrogens with one attached hydrogen (secondary N) is 2. The molecular formula is C9H16N4O2. The first-order valence-electron chi connectivity index (χ1n) is 4.95. The molecule has 0 amide bonds. The zero-order valence-corrected chi connectivity index (χ0v) is 8.96. The maximum absolute atomic E-state index is 11.6. The van der Waals surface area contributed by atoms with Gasteiger partial charge in [-0.1, -0.05) is 13.3 Å². The normalized spacial score (nSPS) is 10.1. The van der Waals surface area contributed by atoms with Gasteiger partial charge in [0.25, 0.3) is 0 Å². The maximum Gasteiger partial charge on any atom is 0.343 e. The number of hydrogen-bond donors (Lipinski definition) is 3. The zero-order valence-electron chi connectivity index (χ0n) is 8.96. The fourth-order valence-electron chi connectivity index (χ4n) is 1.34. The van der Waals surface area contributed by atoms with Gasteiger partial charge in [-0.2, -0.15) is 5.10 Å². The Morgan fingerprint density at radius 3 is 2.87 bits per heavy atom. The van der Waals surface area contributed by atoms with Crippen LogP contribution in [0.25, 0.3) is 0 Å². The van der Waals surface area contributed by atoms with Crippen molar-refractivity contribution in [1.29, 1.82) is 0 Å². The standard InChI is InChI=1S/C9H16N4O2/c1-3-5-6-7(9(14)15-4-2)8(11-10)13-12-6/h3-5,10H2,1-2H3,(H2,11,12,13). The van der Waals surface area contributed by atoms with Crippen molar-refractivity contribution < 1.29 is 9.53 Å². The van der Waals surface area contributed by atoms with E-state index < -0.39 is 5.97 Å². The van der Waals surface area contributed by atoms with Crippen LogP contribution in [0.2, 0.25) is 0 Å². The van der Waals surface area contributed by atoms with Crippen LogP contribution in [0.1, 0.15) is 36.3 Å². The van der Waals surface area contributed by atoms with Gasteiger partial charge in [0.05, 0.1) is 12.3 Å². The average molecular weight is 212 g/mol. The van der Waals surface area contributed by atoms with Gasteiger partial charge in [-0.15, -0.1) is 0 Å². The molecule has 0 unspecified atom stereocenters. The highest BCUT2D eigenvalue weighted by atomic mass is 16.5. The molecule has 1 aromatic rings. The van der Waals surface area contributed by atoms with E-state index in [1.54, 1.807) is 6.92 Å². The van der Waals surface area contributed by atoms with Gasteiger partial charge in [0.2, 0.25) is 0 Å². The average Bonchev–Trinajstić information content (AvgIpc) is 2.62. The van der Waals surface area contributed by atoms with Gasteiger partial charge < -0.3 is 10.2 Å². The van der Waals surface area contributed by atoms with E-state index in [1.165, 1.54) is 0 Å². The van der Waals surface area contributed by atoms with Crippen molar-refractivity contribution in [3.8, 4) is 0 Å². The lowest BCUT2D eigenvalue weighted by molar-refractivity contribution is 0.0526. The first-order valence-corrected chi connectivity index (χ1v) is 4.95. The number of nitrogen functional groups attached to an aromatic ring is 1. The minimum Gasteiger partial charge on any atom is -0.462 e. The van der Waals surface area contributed by atoms with Gasteiger partial charge in [0.15, 0.2) is 5.82 Å². The third-order valence-corrected chi connectivity index (χ3v) is 1.96.